The Bertz CT molecular complexity index is 424. The van der Waals surface area contributed by atoms with Crippen LogP contribution in [0.15, 0.2) is 0 Å². The largest absolute Gasteiger partial charge is 0.336 e. The van der Waals surface area contributed by atoms with Crippen molar-refractivity contribution >= 4 is 17.4 Å². The average Bonchev–Trinajstić information content (AvgIpc) is 2.87. The summed E-state index contributed by atoms with van der Waals surface area (Å²) in [6.07, 6.45) is 2.93. The Kier molecular flexibility index (Phi) is 4.74. The van der Waals surface area contributed by atoms with Crippen molar-refractivity contribution < 1.29 is 4.79 Å². The first-order valence-electron chi connectivity index (χ1n) is 6.97. The van der Waals surface area contributed by atoms with Crippen LogP contribution in [0.4, 0.5) is 4.79 Å². The number of nitrogens with zero attached hydrogens (tertiary/aromatic N) is 3. The molecule has 1 N–H and O–H groups in total. The van der Waals surface area contributed by atoms with Crippen LogP contribution in [0, 0.1) is 0 Å². The summed E-state index contributed by atoms with van der Waals surface area (Å²) in [6.45, 7) is 7.69. The molecule has 6 heteroatoms. The summed E-state index contributed by atoms with van der Waals surface area (Å²) in [7, 11) is 0. The number of amides is 2. The number of aryl methyl sites for hydroxylation is 1. The summed E-state index contributed by atoms with van der Waals surface area (Å²) in [5, 5.41) is 13.6. The second kappa shape index (κ2) is 6.32. The van der Waals surface area contributed by atoms with Crippen LogP contribution in [-0.2, 0) is 6.42 Å². The lowest BCUT2D eigenvalue weighted by Gasteiger charge is -2.31. The zero-order valence-electron chi connectivity index (χ0n) is 11.8. The van der Waals surface area contributed by atoms with Crippen molar-refractivity contribution in [2.45, 2.75) is 52.0 Å². The second-order valence-corrected chi connectivity index (χ2v) is 6.35. The van der Waals surface area contributed by atoms with E-state index in [1.165, 1.54) is 0 Å². The first-order chi connectivity index (χ1) is 9.10. The van der Waals surface area contributed by atoms with Gasteiger partial charge >= 0.3 is 6.03 Å². The van der Waals surface area contributed by atoms with E-state index in [0.717, 1.165) is 42.4 Å². The molecule has 0 atom stereocenters. The molecule has 0 bridgehead atoms. The third-order valence-electron chi connectivity index (χ3n) is 3.33. The molecule has 106 valence electrons. The van der Waals surface area contributed by atoms with Crippen LogP contribution >= 0.6 is 11.3 Å². The van der Waals surface area contributed by atoms with Crippen LogP contribution in [0.1, 0.15) is 49.5 Å². The quantitative estimate of drug-likeness (QED) is 0.926. The Morgan fingerprint density at radius 2 is 2.11 bits per heavy atom. The van der Waals surface area contributed by atoms with E-state index in [1.54, 1.807) is 11.3 Å². The van der Waals surface area contributed by atoms with Gasteiger partial charge in [-0.05, 0) is 33.1 Å². The van der Waals surface area contributed by atoms with Crippen LogP contribution in [0.2, 0.25) is 0 Å². The van der Waals surface area contributed by atoms with Crippen LogP contribution in [-0.4, -0.2) is 40.3 Å². The number of likely N-dealkylation sites (tertiary alicyclic amines) is 1. The Hall–Kier alpha value is -1.17. The van der Waals surface area contributed by atoms with Crippen molar-refractivity contribution in [3.05, 3.63) is 10.0 Å². The van der Waals surface area contributed by atoms with Gasteiger partial charge in [0, 0.05) is 25.0 Å². The Balaban J connectivity index is 1.86. The van der Waals surface area contributed by atoms with E-state index in [2.05, 4.69) is 22.4 Å². The van der Waals surface area contributed by atoms with Crippen molar-refractivity contribution in [1.29, 1.82) is 0 Å². The smallest absolute Gasteiger partial charge is 0.317 e. The van der Waals surface area contributed by atoms with Crippen LogP contribution < -0.4 is 5.32 Å². The summed E-state index contributed by atoms with van der Waals surface area (Å²) in [6, 6.07) is 0.250. The number of nitrogens with one attached hydrogen (secondary N) is 1. The predicted octanol–water partition coefficient (Wildman–Crippen LogP) is 2.40. The number of carbonyl (C=O) groups is 1. The lowest BCUT2D eigenvalue weighted by molar-refractivity contribution is 0.179. The number of hydrogen-bond donors (Lipinski definition) is 1. The van der Waals surface area contributed by atoms with Crippen LogP contribution in [0.25, 0.3) is 0 Å². The minimum atomic E-state index is 0.0555. The maximum atomic E-state index is 11.9. The fraction of sp³-hybridized carbons (Fsp3) is 0.769. The molecule has 0 saturated carbocycles. The molecule has 2 rings (SSSR count). The molecule has 1 fully saturated rings. The number of hydrogen-bond acceptors (Lipinski definition) is 4. The molecule has 0 aliphatic carbocycles. The van der Waals surface area contributed by atoms with E-state index in [1.807, 2.05) is 18.7 Å². The predicted molar refractivity (Wildman–Crippen MR) is 76.5 cm³/mol. The van der Waals surface area contributed by atoms with Crippen LogP contribution in [0.5, 0.6) is 0 Å². The maximum absolute atomic E-state index is 11.9. The third-order valence-corrected chi connectivity index (χ3v) is 4.56. The first-order valence-corrected chi connectivity index (χ1v) is 7.79. The lowest BCUT2D eigenvalue weighted by Crippen LogP contribution is -2.46. The van der Waals surface area contributed by atoms with E-state index >= 15 is 0 Å². The maximum Gasteiger partial charge on any atom is 0.317 e. The molecule has 2 amide bonds. The molecule has 1 aromatic heterocycles. The molecule has 2 heterocycles. The fourth-order valence-corrected chi connectivity index (χ4v) is 3.19. The highest BCUT2D eigenvalue weighted by Crippen LogP contribution is 2.30. The van der Waals surface area contributed by atoms with E-state index in [-0.39, 0.29) is 12.1 Å². The van der Waals surface area contributed by atoms with E-state index in [0.29, 0.717) is 5.92 Å². The van der Waals surface area contributed by atoms with Crippen molar-refractivity contribution in [3.8, 4) is 0 Å². The molecule has 1 saturated heterocycles. The van der Waals surface area contributed by atoms with Gasteiger partial charge < -0.3 is 10.2 Å². The Morgan fingerprint density at radius 1 is 1.42 bits per heavy atom. The van der Waals surface area contributed by atoms with Gasteiger partial charge in [0.15, 0.2) is 0 Å². The van der Waals surface area contributed by atoms with Gasteiger partial charge in [0.25, 0.3) is 0 Å². The number of urea groups is 1. The van der Waals surface area contributed by atoms with E-state index in [9.17, 15) is 4.79 Å². The van der Waals surface area contributed by atoms with Gasteiger partial charge in [-0.25, -0.2) is 4.79 Å². The van der Waals surface area contributed by atoms with Crippen molar-refractivity contribution in [1.82, 2.24) is 20.4 Å². The molecule has 0 radical (unpaired) electrons. The van der Waals surface area contributed by atoms with Gasteiger partial charge in [0.05, 0.1) is 0 Å². The van der Waals surface area contributed by atoms with Crippen molar-refractivity contribution in [3.63, 3.8) is 0 Å². The number of aromatic nitrogens is 2. The van der Waals surface area contributed by atoms with Crippen molar-refractivity contribution in [2.24, 2.45) is 0 Å². The molecule has 1 aromatic rings. The topological polar surface area (TPSA) is 58.1 Å². The summed E-state index contributed by atoms with van der Waals surface area (Å²) in [5.74, 6) is 0.473. The number of carbonyl (C=O) groups excluding carboxylic acids is 1. The zero-order chi connectivity index (χ0) is 13.8. The van der Waals surface area contributed by atoms with Gasteiger partial charge in [-0.1, -0.05) is 6.92 Å². The van der Waals surface area contributed by atoms with Gasteiger partial charge in [0.1, 0.15) is 10.0 Å². The lowest BCUT2D eigenvalue weighted by atomic mass is 9.98. The molecule has 0 spiro atoms. The first kappa shape index (κ1) is 14.2. The molecule has 1 aliphatic rings. The van der Waals surface area contributed by atoms with Crippen molar-refractivity contribution in [2.75, 3.05) is 13.1 Å². The summed E-state index contributed by atoms with van der Waals surface area (Å²) >= 11 is 1.72. The third kappa shape index (κ3) is 3.65. The standard InChI is InChI=1S/C13H22N4OS/c1-4-11-15-16-12(19-11)10-5-7-17(8-6-10)13(18)14-9(2)3/h9-10H,4-8H2,1-3H3,(H,14,18). The Morgan fingerprint density at radius 3 is 2.63 bits per heavy atom. The second-order valence-electron chi connectivity index (χ2n) is 5.25. The molecule has 5 nitrogen and oxygen atoms in total. The molecule has 19 heavy (non-hydrogen) atoms. The summed E-state index contributed by atoms with van der Waals surface area (Å²) < 4.78 is 0. The molecule has 0 unspecified atom stereocenters. The molecule has 0 aromatic carbocycles. The highest BCUT2D eigenvalue weighted by molar-refractivity contribution is 7.11. The summed E-state index contributed by atoms with van der Waals surface area (Å²) in [5.41, 5.74) is 0. The van der Waals surface area contributed by atoms with E-state index < -0.39 is 0 Å². The number of rotatable bonds is 3. The summed E-state index contributed by atoms with van der Waals surface area (Å²) in [4.78, 5) is 13.8. The normalized spacial score (nSPS) is 16.9. The highest BCUT2D eigenvalue weighted by atomic mass is 32.1. The van der Waals surface area contributed by atoms with Gasteiger partial charge in [-0.2, -0.15) is 0 Å². The van der Waals surface area contributed by atoms with Gasteiger partial charge in [0.2, 0.25) is 0 Å². The average molecular weight is 282 g/mol. The monoisotopic (exact) mass is 282 g/mol. The minimum Gasteiger partial charge on any atom is -0.336 e. The minimum absolute atomic E-state index is 0.0555. The zero-order valence-corrected chi connectivity index (χ0v) is 12.7. The van der Waals surface area contributed by atoms with Gasteiger partial charge in [-0.3, -0.25) is 0 Å². The van der Waals surface area contributed by atoms with Gasteiger partial charge in [-0.15, -0.1) is 21.5 Å². The SMILES string of the molecule is CCc1nnc(C2CCN(C(=O)NC(C)C)CC2)s1. The highest BCUT2D eigenvalue weighted by Gasteiger charge is 2.26. The van der Waals surface area contributed by atoms with E-state index in [4.69, 9.17) is 0 Å². The van der Waals surface area contributed by atoms with Crippen LogP contribution in [0.3, 0.4) is 0 Å². The molecular formula is C13H22N4OS. The number of piperidine rings is 1. The molecule has 1 aliphatic heterocycles. The Labute approximate surface area is 118 Å². The fourth-order valence-electron chi connectivity index (χ4n) is 2.24. The molecular weight excluding hydrogens is 260 g/mol.